The van der Waals surface area contributed by atoms with E-state index >= 15 is 0 Å². The van der Waals surface area contributed by atoms with Gasteiger partial charge < -0.3 is 25.6 Å². The SMILES string of the molecule is CC(CO)NC(=O)c1cnccc1Nc1cc(-c2ccc(F)cc2)c(=O)[nH]c1N(C)C. The average molecular weight is 425 g/mol. The van der Waals surface area contributed by atoms with Crippen LogP contribution in [0.25, 0.3) is 11.1 Å². The smallest absolute Gasteiger partial charge is 0.257 e. The van der Waals surface area contributed by atoms with Crippen molar-refractivity contribution in [2.75, 3.05) is 30.9 Å². The molecule has 0 fully saturated rings. The predicted octanol–water partition coefficient (Wildman–Crippen LogP) is 2.50. The highest BCUT2D eigenvalue weighted by atomic mass is 19.1. The molecule has 0 aliphatic heterocycles. The summed E-state index contributed by atoms with van der Waals surface area (Å²) in [5.41, 5.74) is 1.87. The third kappa shape index (κ3) is 5.07. The second-order valence-electron chi connectivity index (χ2n) is 7.28. The molecule has 3 rings (SSSR count). The first-order valence-corrected chi connectivity index (χ1v) is 9.63. The van der Waals surface area contributed by atoms with E-state index < -0.39 is 17.8 Å². The highest BCUT2D eigenvalue weighted by molar-refractivity contribution is 6.00. The Hall–Kier alpha value is -3.72. The number of carbonyl (C=O) groups is 1. The van der Waals surface area contributed by atoms with Crippen molar-refractivity contribution >= 4 is 23.1 Å². The van der Waals surface area contributed by atoms with Gasteiger partial charge in [-0.1, -0.05) is 12.1 Å². The highest BCUT2D eigenvalue weighted by Gasteiger charge is 2.17. The number of hydrogen-bond donors (Lipinski definition) is 4. The van der Waals surface area contributed by atoms with E-state index in [1.165, 1.54) is 36.7 Å². The second kappa shape index (κ2) is 9.40. The zero-order valence-electron chi connectivity index (χ0n) is 17.4. The molecular weight excluding hydrogens is 401 g/mol. The van der Waals surface area contributed by atoms with Crippen LogP contribution in [0.5, 0.6) is 0 Å². The summed E-state index contributed by atoms with van der Waals surface area (Å²) >= 11 is 0. The Bertz CT molecular complexity index is 1130. The molecule has 0 aliphatic rings. The van der Waals surface area contributed by atoms with Gasteiger partial charge in [-0.05, 0) is 36.8 Å². The van der Waals surface area contributed by atoms with Crippen LogP contribution in [-0.4, -0.2) is 47.7 Å². The summed E-state index contributed by atoms with van der Waals surface area (Å²) in [4.78, 5) is 33.9. The first-order valence-electron chi connectivity index (χ1n) is 9.63. The van der Waals surface area contributed by atoms with Crippen LogP contribution in [-0.2, 0) is 0 Å². The summed E-state index contributed by atoms with van der Waals surface area (Å²) in [5.74, 6) is -0.289. The van der Waals surface area contributed by atoms with Crippen molar-refractivity contribution in [3.8, 4) is 11.1 Å². The number of H-pyrrole nitrogens is 1. The Morgan fingerprint density at radius 1 is 1.23 bits per heavy atom. The fourth-order valence-corrected chi connectivity index (χ4v) is 2.99. The Labute approximate surface area is 178 Å². The number of pyridine rings is 2. The normalized spacial score (nSPS) is 11.6. The summed E-state index contributed by atoms with van der Waals surface area (Å²) in [6, 6.07) is 8.50. The standard InChI is InChI=1S/C22H24FN5O3/c1-13(12-29)25-22(31)17-11-24-9-8-18(17)26-19-10-16(14-4-6-15(23)7-5-14)21(30)27-20(19)28(2)3/h4-11,13,29H,12H2,1-3H3,(H,24,26)(H,25,31)(H,27,30). The lowest BCUT2D eigenvalue weighted by Gasteiger charge is -2.20. The number of anilines is 3. The average Bonchev–Trinajstić information content (AvgIpc) is 2.75. The fourth-order valence-electron chi connectivity index (χ4n) is 2.99. The van der Waals surface area contributed by atoms with E-state index in [-0.39, 0.29) is 17.7 Å². The van der Waals surface area contributed by atoms with Crippen molar-refractivity contribution in [1.82, 2.24) is 15.3 Å². The van der Waals surface area contributed by atoms with Gasteiger partial charge in [0.1, 0.15) is 11.6 Å². The maximum absolute atomic E-state index is 13.3. The molecule has 4 N–H and O–H groups in total. The summed E-state index contributed by atoms with van der Waals surface area (Å²) in [6.45, 7) is 1.49. The molecule has 31 heavy (non-hydrogen) atoms. The molecule has 0 saturated heterocycles. The number of nitrogens with one attached hydrogen (secondary N) is 3. The second-order valence-corrected chi connectivity index (χ2v) is 7.28. The maximum Gasteiger partial charge on any atom is 0.257 e. The van der Waals surface area contributed by atoms with Crippen molar-refractivity contribution in [3.05, 3.63) is 70.5 Å². The molecule has 8 nitrogen and oxygen atoms in total. The minimum Gasteiger partial charge on any atom is -0.394 e. The van der Waals surface area contributed by atoms with Crippen molar-refractivity contribution in [1.29, 1.82) is 0 Å². The summed E-state index contributed by atoms with van der Waals surface area (Å²) < 4.78 is 13.3. The topological polar surface area (TPSA) is 110 Å². The van der Waals surface area contributed by atoms with Gasteiger partial charge in [0, 0.05) is 38.1 Å². The van der Waals surface area contributed by atoms with Crippen LogP contribution >= 0.6 is 0 Å². The van der Waals surface area contributed by atoms with Crippen LogP contribution in [0.2, 0.25) is 0 Å². The number of aliphatic hydroxyl groups is 1. The number of amides is 1. The molecular formula is C22H24FN5O3. The number of aromatic amines is 1. The number of aromatic nitrogens is 2. The van der Waals surface area contributed by atoms with E-state index in [1.54, 1.807) is 38.1 Å². The number of hydrogen-bond acceptors (Lipinski definition) is 6. The van der Waals surface area contributed by atoms with Gasteiger partial charge in [-0.15, -0.1) is 0 Å². The summed E-state index contributed by atoms with van der Waals surface area (Å²) in [7, 11) is 3.55. The Morgan fingerprint density at radius 2 is 1.94 bits per heavy atom. The van der Waals surface area contributed by atoms with E-state index in [2.05, 4.69) is 20.6 Å². The summed E-state index contributed by atoms with van der Waals surface area (Å²) in [6.07, 6.45) is 2.96. The largest absolute Gasteiger partial charge is 0.394 e. The number of nitrogens with zero attached hydrogens (tertiary/aromatic N) is 2. The molecule has 1 amide bonds. The first kappa shape index (κ1) is 22.0. The fraction of sp³-hybridized carbons (Fsp3) is 0.227. The molecule has 1 atom stereocenters. The number of carbonyl (C=O) groups excluding carboxylic acids is 1. The van der Waals surface area contributed by atoms with E-state index in [4.69, 9.17) is 0 Å². The van der Waals surface area contributed by atoms with Gasteiger partial charge in [-0.25, -0.2) is 4.39 Å². The molecule has 2 heterocycles. The quantitative estimate of drug-likeness (QED) is 0.463. The number of benzene rings is 1. The van der Waals surface area contributed by atoms with Crippen molar-refractivity contribution in [2.45, 2.75) is 13.0 Å². The lowest BCUT2D eigenvalue weighted by molar-refractivity contribution is 0.0923. The van der Waals surface area contributed by atoms with Crippen LogP contribution in [0.3, 0.4) is 0 Å². The van der Waals surface area contributed by atoms with Gasteiger partial charge in [0.25, 0.3) is 11.5 Å². The van der Waals surface area contributed by atoms with Crippen LogP contribution in [0, 0.1) is 5.82 Å². The molecule has 0 bridgehead atoms. The summed E-state index contributed by atoms with van der Waals surface area (Å²) in [5, 5.41) is 15.1. The van der Waals surface area contributed by atoms with Crippen LogP contribution in [0.4, 0.5) is 21.6 Å². The van der Waals surface area contributed by atoms with Gasteiger partial charge in [-0.2, -0.15) is 0 Å². The molecule has 2 aromatic heterocycles. The number of rotatable bonds is 7. The highest BCUT2D eigenvalue weighted by Crippen LogP contribution is 2.29. The molecule has 9 heteroatoms. The third-order valence-electron chi connectivity index (χ3n) is 4.61. The third-order valence-corrected chi connectivity index (χ3v) is 4.61. The van der Waals surface area contributed by atoms with E-state index in [0.717, 1.165) is 0 Å². The molecule has 0 saturated carbocycles. The Balaban J connectivity index is 2.05. The molecule has 0 aliphatic carbocycles. The zero-order chi connectivity index (χ0) is 22.5. The molecule has 1 unspecified atom stereocenters. The van der Waals surface area contributed by atoms with Crippen LogP contribution in [0.15, 0.2) is 53.6 Å². The van der Waals surface area contributed by atoms with Gasteiger partial charge in [0.15, 0.2) is 0 Å². The lowest BCUT2D eigenvalue weighted by atomic mass is 10.1. The maximum atomic E-state index is 13.3. The minimum absolute atomic E-state index is 0.194. The van der Waals surface area contributed by atoms with Crippen molar-refractivity contribution < 1.29 is 14.3 Å². The van der Waals surface area contributed by atoms with Crippen molar-refractivity contribution in [2.24, 2.45) is 0 Å². The first-order chi connectivity index (χ1) is 14.8. The van der Waals surface area contributed by atoms with Gasteiger partial charge in [0.2, 0.25) is 0 Å². The zero-order valence-corrected chi connectivity index (χ0v) is 17.4. The molecule has 1 aromatic carbocycles. The number of halogens is 1. The lowest BCUT2D eigenvalue weighted by Crippen LogP contribution is -2.35. The van der Waals surface area contributed by atoms with Gasteiger partial charge in [-0.3, -0.25) is 14.6 Å². The Morgan fingerprint density at radius 3 is 2.58 bits per heavy atom. The minimum atomic E-state index is -0.420. The molecule has 0 radical (unpaired) electrons. The van der Waals surface area contributed by atoms with E-state index in [1.807, 2.05) is 0 Å². The van der Waals surface area contributed by atoms with Gasteiger partial charge >= 0.3 is 0 Å². The van der Waals surface area contributed by atoms with E-state index in [0.29, 0.717) is 28.3 Å². The molecule has 162 valence electrons. The Kier molecular flexibility index (Phi) is 6.66. The van der Waals surface area contributed by atoms with Crippen LogP contribution in [0.1, 0.15) is 17.3 Å². The van der Waals surface area contributed by atoms with Crippen LogP contribution < -0.4 is 21.1 Å². The van der Waals surface area contributed by atoms with Gasteiger partial charge in [0.05, 0.1) is 23.5 Å². The van der Waals surface area contributed by atoms with E-state index in [9.17, 15) is 19.1 Å². The monoisotopic (exact) mass is 425 g/mol. The molecule has 3 aromatic rings. The molecule has 0 spiro atoms. The predicted molar refractivity (Wildman–Crippen MR) is 118 cm³/mol. The van der Waals surface area contributed by atoms with Crippen molar-refractivity contribution in [3.63, 3.8) is 0 Å². The number of aliphatic hydroxyl groups excluding tert-OH is 1.